The fraction of sp³-hybridized carbons (Fsp3) is 0.458. The summed E-state index contributed by atoms with van der Waals surface area (Å²) in [6.45, 7) is 5.31. The monoisotopic (exact) mass is 378 g/mol. The lowest BCUT2D eigenvalue weighted by Crippen LogP contribution is -2.36. The van der Waals surface area contributed by atoms with Crippen LogP contribution in [0.15, 0.2) is 48.5 Å². The van der Waals surface area contributed by atoms with Gasteiger partial charge in [-0.25, -0.2) is 4.79 Å². The fourth-order valence-corrected chi connectivity index (χ4v) is 4.47. The minimum atomic E-state index is -0.229. The van der Waals surface area contributed by atoms with Gasteiger partial charge in [-0.15, -0.1) is 0 Å². The first kappa shape index (κ1) is 19.0. The number of hydrogen-bond acceptors (Lipinski definition) is 3. The zero-order valence-corrected chi connectivity index (χ0v) is 16.7. The average Bonchev–Trinajstić information content (AvgIpc) is 3.01. The van der Waals surface area contributed by atoms with Gasteiger partial charge in [-0.05, 0) is 66.6 Å². The van der Waals surface area contributed by atoms with Gasteiger partial charge in [-0.1, -0.05) is 49.7 Å². The van der Waals surface area contributed by atoms with Crippen LogP contribution in [-0.4, -0.2) is 29.7 Å². The summed E-state index contributed by atoms with van der Waals surface area (Å²) in [6.07, 6.45) is 5.45. The summed E-state index contributed by atoms with van der Waals surface area (Å²) in [6, 6.07) is 17.2. The lowest BCUT2D eigenvalue weighted by molar-refractivity contribution is 0.0260. The molecule has 1 spiro atoms. The van der Waals surface area contributed by atoms with Crippen molar-refractivity contribution >= 4 is 6.09 Å². The first-order valence-corrected chi connectivity index (χ1v) is 10.5. The second kappa shape index (κ2) is 8.36. The van der Waals surface area contributed by atoms with Crippen LogP contribution in [0.2, 0.25) is 0 Å². The molecule has 0 unspecified atom stereocenters. The molecule has 4 nitrogen and oxygen atoms in total. The third-order valence-electron chi connectivity index (χ3n) is 5.95. The average molecular weight is 379 g/mol. The molecule has 2 fully saturated rings. The second-order valence-corrected chi connectivity index (χ2v) is 8.15. The van der Waals surface area contributed by atoms with E-state index < -0.39 is 0 Å². The Labute approximate surface area is 167 Å². The Balaban J connectivity index is 1.48. The van der Waals surface area contributed by atoms with Gasteiger partial charge in [-0.2, -0.15) is 0 Å². The lowest BCUT2D eigenvalue weighted by Gasteiger charge is -2.30. The topological polar surface area (TPSA) is 41.6 Å². The largest absolute Gasteiger partial charge is 0.441 e. The molecule has 1 aliphatic heterocycles. The van der Waals surface area contributed by atoms with E-state index in [2.05, 4.69) is 60.8 Å². The molecule has 28 heavy (non-hydrogen) atoms. The zero-order chi connectivity index (χ0) is 19.4. The number of rotatable bonds is 6. The van der Waals surface area contributed by atoms with Crippen molar-refractivity contribution in [3.8, 4) is 11.1 Å². The lowest BCUT2D eigenvalue weighted by atomic mass is 9.85. The van der Waals surface area contributed by atoms with E-state index in [1.807, 2.05) is 4.90 Å². The van der Waals surface area contributed by atoms with Crippen LogP contribution in [0.5, 0.6) is 0 Å². The molecule has 0 aromatic heterocycles. The van der Waals surface area contributed by atoms with E-state index >= 15 is 0 Å². The third-order valence-corrected chi connectivity index (χ3v) is 5.95. The Morgan fingerprint density at radius 2 is 1.68 bits per heavy atom. The van der Waals surface area contributed by atoms with Crippen LogP contribution < -0.4 is 5.32 Å². The minimum Gasteiger partial charge on any atom is -0.441 e. The summed E-state index contributed by atoms with van der Waals surface area (Å²) in [5.41, 5.74) is 4.61. The van der Waals surface area contributed by atoms with Crippen molar-refractivity contribution in [1.29, 1.82) is 0 Å². The number of nitrogens with one attached hydrogen (secondary N) is 1. The zero-order valence-electron chi connectivity index (χ0n) is 16.7. The highest BCUT2D eigenvalue weighted by Gasteiger charge is 2.45. The molecule has 1 heterocycles. The van der Waals surface area contributed by atoms with Gasteiger partial charge in [-0.3, -0.25) is 4.90 Å². The quantitative estimate of drug-likeness (QED) is 0.759. The number of benzene rings is 2. The highest BCUT2D eigenvalue weighted by atomic mass is 16.6. The molecule has 1 saturated heterocycles. The molecule has 1 aliphatic carbocycles. The molecule has 2 aliphatic rings. The van der Waals surface area contributed by atoms with E-state index in [4.69, 9.17) is 4.74 Å². The summed E-state index contributed by atoms with van der Waals surface area (Å²) in [4.78, 5) is 14.3. The molecule has 148 valence electrons. The number of amides is 1. The Bertz CT molecular complexity index is 827. The van der Waals surface area contributed by atoms with Crippen LogP contribution in [0, 0.1) is 0 Å². The first-order valence-electron chi connectivity index (χ1n) is 10.5. The first-order chi connectivity index (χ1) is 13.7. The van der Waals surface area contributed by atoms with Crippen molar-refractivity contribution in [1.82, 2.24) is 10.2 Å². The molecule has 2 aromatic carbocycles. The van der Waals surface area contributed by atoms with E-state index in [1.165, 1.54) is 36.0 Å². The predicted octanol–water partition coefficient (Wildman–Crippen LogP) is 5.12. The summed E-state index contributed by atoms with van der Waals surface area (Å²) in [5, 5.41) is 3.38. The van der Waals surface area contributed by atoms with Crippen molar-refractivity contribution in [2.75, 3.05) is 13.1 Å². The van der Waals surface area contributed by atoms with Gasteiger partial charge in [0.05, 0.1) is 6.54 Å². The van der Waals surface area contributed by atoms with Gasteiger partial charge in [0.25, 0.3) is 0 Å². The number of ether oxygens (including phenoxy) is 1. The summed E-state index contributed by atoms with van der Waals surface area (Å²) >= 11 is 0. The van der Waals surface area contributed by atoms with Crippen LogP contribution in [0.3, 0.4) is 0 Å². The van der Waals surface area contributed by atoms with Crippen LogP contribution in [0.4, 0.5) is 4.79 Å². The van der Waals surface area contributed by atoms with Crippen molar-refractivity contribution in [3.63, 3.8) is 0 Å². The van der Waals surface area contributed by atoms with Crippen molar-refractivity contribution in [2.24, 2.45) is 0 Å². The smallest absolute Gasteiger partial charge is 0.410 e. The molecule has 0 atom stereocenters. The molecule has 1 amide bonds. The summed E-state index contributed by atoms with van der Waals surface area (Å²) in [7, 11) is 0. The standard InChI is InChI=1S/C24H30N2O2/c1-2-25-16-19-8-6-10-21(14-19)22-11-7-9-20(15-22)17-26-18-24(28-23(26)27)12-4-3-5-13-24/h6-11,14-15,25H,2-5,12-13,16-18H2,1H3. The van der Waals surface area contributed by atoms with E-state index in [9.17, 15) is 4.79 Å². The fourth-order valence-electron chi connectivity index (χ4n) is 4.47. The highest BCUT2D eigenvalue weighted by Crippen LogP contribution is 2.37. The Hall–Kier alpha value is -2.33. The van der Waals surface area contributed by atoms with E-state index in [0.717, 1.165) is 38.0 Å². The Morgan fingerprint density at radius 3 is 2.39 bits per heavy atom. The van der Waals surface area contributed by atoms with Crippen LogP contribution in [0.25, 0.3) is 11.1 Å². The number of hydrogen-bond donors (Lipinski definition) is 1. The maximum absolute atomic E-state index is 12.4. The van der Waals surface area contributed by atoms with Gasteiger partial charge < -0.3 is 10.1 Å². The molecule has 1 saturated carbocycles. The third kappa shape index (κ3) is 4.22. The molecule has 2 aromatic rings. The minimum absolute atomic E-state index is 0.153. The number of nitrogens with zero attached hydrogens (tertiary/aromatic N) is 1. The molecular weight excluding hydrogens is 348 g/mol. The molecule has 0 radical (unpaired) electrons. The Morgan fingerprint density at radius 1 is 1.00 bits per heavy atom. The van der Waals surface area contributed by atoms with Crippen molar-refractivity contribution < 1.29 is 9.53 Å². The van der Waals surface area contributed by atoms with Crippen LogP contribution in [0.1, 0.15) is 50.2 Å². The van der Waals surface area contributed by atoms with Crippen molar-refractivity contribution in [3.05, 3.63) is 59.7 Å². The van der Waals surface area contributed by atoms with E-state index in [0.29, 0.717) is 6.54 Å². The van der Waals surface area contributed by atoms with E-state index in [-0.39, 0.29) is 11.7 Å². The number of carbonyl (C=O) groups excluding carboxylic acids is 1. The summed E-state index contributed by atoms with van der Waals surface area (Å²) < 4.78 is 5.82. The molecular formula is C24H30N2O2. The summed E-state index contributed by atoms with van der Waals surface area (Å²) in [5.74, 6) is 0. The maximum Gasteiger partial charge on any atom is 0.410 e. The van der Waals surface area contributed by atoms with Crippen LogP contribution >= 0.6 is 0 Å². The van der Waals surface area contributed by atoms with Gasteiger partial charge in [0.15, 0.2) is 0 Å². The SMILES string of the molecule is CCNCc1cccc(-c2cccc(CN3CC4(CCCCC4)OC3=O)c2)c1. The van der Waals surface area contributed by atoms with Gasteiger partial charge >= 0.3 is 6.09 Å². The van der Waals surface area contributed by atoms with Crippen molar-refractivity contribution in [2.45, 2.75) is 57.7 Å². The molecule has 1 N–H and O–H groups in total. The van der Waals surface area contributed by atoms with E-state index in [1.54, 1.807) is 0 Å². The van der Waals surface area contributed by atoms with Gasteiger partial charge in [0.2, 0.25) is 0 Å². The normalized spacial score (nSPS) is 18.5. The second-order valence-electron chi connectivity index (χ2n) is 8.15. The highest BCUT2D eigenvalue weighted by molar-refractivity contribution is 5.71. The maximum atomic E-state index is 12.4. The van der Waals surface area contributed by atoms with Crippen LogP contribution in [-0.2, 0) is 17.8 Å². The Kier molecular flexibility index (Phi) is 5.67. The molecule has 4 rings (SSSR count). The predicted molar refractivity (Wildman–Crippen MR) is 112 cm³/mol. The van der Waals surface area contributed by atoms with Gasteiger partial charge in [0, 0.05) is 13.1 Å². The molecule has 4 heteroatoms. The molecule has 0 bridgehead atoms. The number of carbonyl (C=O) groups is 1. The van der Waals surface area contributed by atoms with Gasteiger partial charge in [0.1, 0.15) is 5.60 Å².